The van der Waals surface area contributed by atoms with Crippen LogP contribution in [0.3, 0.4) is 0 Å². The second kappa shape index (κ2) is 6.23. The fraction of sp³-hybridized carbons (Fsp3) is 0.471. The molecule has 0 amide bonds. The fourth-order valence-electron chi connectivity index (χ4n) is 3.08. The molecule has 2 aromatic rings. The van der Waals surface area contributed by atoms with Gasteiger partial charge in [0.05, 0.1) is 0 Å². The van der Waals surface area contributed by atoms with Gasteiger partial charge in [-0.05, 0) is 49.8 Å². The molecule has 0 spiro atoms. The van der Waals surface area contributed by atoms with Gasteiger partial charge in [0, 0.05) is 24.9 Å². The lowest BCUT2D eigenvalue weighted by atomic mass is 9.74. The lowest BCUT2D eigenvalue weighted by molar-refractivity contribution is 0.290. The Bertz CT molecular complexity index is 527. The minimum atomic E-state index is 0.705. The highest BCUT2D eigenvalue weighted by atomic mass is 14.9. The molecule has 1 saturated carbocycles. The summed E-state index contributed by atoms with van der Waals surface area (Å²) < 4.78 is 0. The standard InChI is InChI=1S/C17H23N3/c1-13-5-2-3-6-16(13)14-11-15(12-14)18-8-4-7-17-19-9-10-20-17/h2-3,5-6,9-10,14-15,18H,4,7-8,11-12H2,1H3,(H,19,20). The second-order valence-corrected chi connectivity index (χ2v) is 5.82. The summed E-state index contributed by atoms with van der Waals surface area (Å²) in [5, 5.41) is 3.66. The molecule has 1 aliphatic carbocycles. The number of hydrogen-bond donors (Lipinski definition) is 2. The van der Waals surface area contributed by atoms with Crippen LogP contribution in [0.4, 0.5) is 0 Å². The highest BCUT2D eigenvalue weighted by molar-refractivity contribution is 5.31. The zero-order valence-electron chi connectivity index (χ0n) is 12.1. The van der Waals surface area contributed by atoms with E-state index in [2.05, 4.69) is 46.5 Å². The van der Waals surface area contributed by atoms with Gasteiger partial charge in [0.25, 0.3) is 0 Å². The number of nitrogens with one attached hydrogen (secondary N) is 2. The third kappa shape index (κ3) is 3.10. The molecule has 106 valence electrons. The first-order valence-electron chi connectivity index (χ1n) is 7.60. The van der Waals surface area contributed by atoms with Gasteiger partial charge in [-0.2, -0.15) is 0 Å². The van der Waals surface area contributed by atoms with Crippen LogP contribution < -0.4 is 5.32 Å². The van der Waals surface area contributed by atoms with Crippen LogP contribution in [-0.2, 0) is 6.42 Å². The van der Waals surface area contributed by atoms with Crippen molar-refractivity contribution in [1.29, 1.82) is 0 Å². The number of rotatable bonds is 6. The van der Waals surface area contributed by atoms with Gasteiger partial charge >= 0.3 is 0 Å². The lowest BCUT2D eigenvalue weighted by Gasteiger charge is -2.37. The Balaban J connectivity index is 1.35. The third-order valence-corrected chi connectivity index (χ3v) is 4.34. The van der Waals surface area contributed by atoms with Crippen LogP contribution in [0.15, 0.2) is 36.7 Å². The topological polar surface area (TPSA) is 40.7 Å². The van der Waals surface area contributed by atoms with Gasteiger partial charge in [0.2, 0.25) is 0 Å². The van der Waals surface area contributed by atoms with Crippen LogP contribution in [0.1, 0.15) is 42.1 Å². The molecule has 1 heterocycles. The van der Waals surface area contributed by atoms with Crippen molar-refractivity contribution in [3.8, 4) is 0 Å². The minimum absolute atomic E-state index is 0.705. The van der Waals surface area contributed by atoms with Crippen LogP contribution in [0.2, 0.25) is 0 Å². The van der Waals surface area contributed by atoms with Crippen LogP contribution in [0.5, 0.6) is 0 Å². The molecule has 0 unspecified atom stereocenters. The summed E-state index contributed by atoms with van der Waals surface area (Å²) in [4.78, 5) is 7.39. The van der Waals surface area contributed by atoms with Gasteiger partial charge in [-0.3, -0.25) is 0 Å². The Labute approximate surface area is 120 Å². The van der Waals surface area contributed by atoms with E-state index < -0.39 is 0 Å². The molecule has 0 radical (unpaired) electrons. The van der Waals surface area contributed by atoms with E-state index in [9.17, 15) is 0 Å². The predicted molar refractivity (Wildman–Crippen MR) is 81.9 cm³/mol. The molecule has 3 heteroatoms. The van der Waals surface area contributed by atoms with Crippen molar-refractivity contribution in [2.45, 2.75) is 44.6 Å². The third-order valence-electron chi connectivity index (χ3n) is 4.34. The Morgan fingerprint density at radius 3 is 2.90 bits per heavy atom. The van der Waals surface area contributed by atoms with Crippen LogP contribution >= 0.6 is 0 Å². The minimum Gasteiger partial charge on any atom is -0.349 e. The van der Waals surface area contributed by atoms with Gasteiger partial charge in [-0.1, -0.05) is 24.3 Å². The Hall–Kier alpha value is -1.61. The number of aromatic nitrogens is 2. The Morgan fingerprint density at radius 2 is 2.15 bits per heavy atom. The number of H-pyrrole nitrogens is 1. The van der Waals surface area contributed by atoms with E-state index in [1.54, 1.807) is 5.56 Å². The first-order chi connectivity index (χ1) is 9.83. The van der Waals surface area contributed by atoms with Crippen LogP contribution in [-0.4, -0.2) is 22.6 Å². The molecule has 1 aromatic heterocycles. The first-order valence-corrected chi connectivity index (χ1v) is 7.60. The van der Waals surface area contributed by atoms with Gasteiger partial charge in [-0.25, -0.2) is 4.98 Å². The molecule has 0 aliphatic heterocycles. The number of benzene rings is 1. The zero-order valence-corrected chi connectivity index (χ0v) is 12.1. The van der Waals surface area contributed by atoms with E-state index >= 15 is 0 Å². The Kier molecular flexibility index (Phi) is 4.16. The van der Waals surface area contributed by atoms with E-state index in [4.69, 9.17) is 0 Å². The largest absolute Gasteiger partial charge is 0.349 e. The summed E-state index contributed by atoms with van der Waals surface area (Å²) in [6.07, 6.45) is 8.47. The SMILES string of the molecule is Cc1ccccc1C1CC(NCCCc2ncc[nH]2)C1. The molecule has 1 aliphatic rings. The van der Waals surface area contributed by atoms with Crippen molar-refractivity contribution in [3.05, 3.63) is 53.6 Å². The van der Waals surface area contributed by atoms with Crippen molar-refractivity contribution in [2.75, 3.05) is 6.54 Å². The fourth-order valence-corrected chi connectivity index (χ4v) is 3.08. The molecular formula is C17H23N3. The predicted octanol–water partition coefficient (Wildman–Crippen LogP) is 3.19. The van der Waals surface area contributed by atoms with Gasteiger partial charge in [-0.15, -0.1) is 0 Å². The number of aryl methyl sites for hydroxylation is 2. The normalized spacial score (nSPS) is 21.6. The van der Waals surface area contributed by atoms with Crippen LogP contribution in [0.25, 0.3) is 0 Å². The van der Waals surface area contributed by atoms with E-state index in [0.717, 1.165) is 31.1 Å². The molecule has 0 bridgehead atoms. The summed E-state index contributed by atoms with van der Waals surface area (Å²) in [6, 6.07) is 9.50. The number of hydrogen-bond acceptors (Lipinski definition) is 2. The van der Waals surface area contributed by atoms with Crippen molar-refractivity contribution in [3.63, 3.8) is 0 Å². The van der Waals surface area contributed by atoms with E-state index in [0.29, 0.717) is 6.04 Å². The summed E-state index contributed by atoms with van der Waals surface area (Å²) in [7, 11) is 0. The van der Waals surface area contributed by atoms with Gasteiger partial charge in [0.15, 0.2) is 0 Å². The quantitative estimate of drug-likeness (QED) is 0.791. The summed E-state index contributed by atoms with van der Waals surface area (Å²) in [6.45, 7) is 3.31. The maximum absolute atomic E-state index is 4.25. The number of imidazole rings is 1. The molecular weight excluding hydrogens is 246 g/mol. The van der Waals surface area contributed by atoms with E-state index in [1.165, 1.54) is 18.4 Å². The maximum Gasteiger partial charge on any atom is 0.106 e. The maximum atomic E-state index is 4.25. The average molecular weight is 269 g/mol. The molecule has 3 rings (SSSR count). The molecule has 1 aromatic carbocycles. The second-order valence-electron chi connectivity index (χ2n) is 5.82. The molecule has 1 fully saturated rings. The van der Waals surface area contributed by atoms with Crippen molar-refractivity contribution >= 4 is 0 Å². The van der Waals surface area contributed by atoms with Crippen molar-refractivity contribution in [1.82, 2.24) is 15.3 Å². The Morgan fingerprint density at radius 1 is 1.30 bits per heavy atom. The molecule has 0 atom stereocenters. The highest BCUT2D eigenvalue weighted by Gasteiger charge is 2.30. The molecule has 3 nitrogen and oxygen atoms in total. The molecule has 0 saturated heterocycles. The first kappa shape index (κ1) is 13.4. The van der Waals surface area contributed by atoms with Gasteiger partial charge in [0.1, 0.15) is 5.82 Å². The molecule has 20 heavy (non-hydrogen) atoms. The smallest absolute Gasteiger partial charge is 0.106 e. The van der Waals surface area contributed by atoms with Gasteiger partial charge < -0.3 is 10.3 Å². The van der Waals surface area contributed by atoms with Crippen molar-refractivity contribution < 1.29 is 0 Å². The van der Waals surface area contributed by atoms with E-state index in [-0.39, 0.29) is 0 Å². The van der Waals surface area contributed by atoms with Crippen LogP contribution in [0, 0.1) is 6.92 Å². The zero-order chi connectivity index (χ0) is 13.8. The monoisotopic (exact) mass is 269 g/mol. The summed E-state index contributed by atoms with van der Waals surface area (Å²) >= 11 is 0. The average Bonchev–Trinajstić information content (AvgIpc) is 2.91. The van der Waals surface area contributed by atoms with Crippen molar-refractivity contribution in [2.24, 2.45) is 0 Å². The summed E-state index contributed by atoms with van der Waals surface area (Å²) in [5.74, 6) is 1.86. The highest BCUT2D eigenvalue weighted by Crippen LogP contribution is 2.38. The number of aromatic amines is 1. The molecule has 2 N–H and O–H groups in total. The number of nitrogens with zero attached hydrogens (tertiary/aromatic N) is 1. The lowest BCUT2D eigenvalue weighted by Crippen LogP contribution is -2.40. The van der Waals surface area contributed by atoms with E-state index in [1.807, 2.05) is 12.4 Å². The summed E-state index contributed by atoms with van der Waals surface area (Å²) in [5.41, 5.74) is 2.98.